The zero-order valence-electron chi connectivity index (χ0n) is 15.7. The third-order valence-electron chi connectivity index (χ3n) is 6.39. The van der Waals surface area contributed by atoms with E-state index in [2.05, 4.69) is 48.8 Å². The summed E-state index contributed by atoms with van der Waals surface area (Å²) in [4.78, 5) is 14.5. The summed E-state index contributed by atoms with van der Waals surface area (Å²) in [5.74, 6) is 0. The molecule has 0 bridgehead atoms. The molecule has 6 nitrogen and oxygen atoms in total. The van der Waals surface area contributed by atoms with E-state index in [-0.39, 0.29) is 5.41 Å². The number of pyridine rings is 1. The number of aryl methyl sites for hydroxylation is 1. The van der Waals surface area contributed by atoms with Crippen LogP contribution in [0.2, 0.25) is 0 Å². The Kier molecular flexibility index (Phi) is 3.43. The van der Waals surface area contributed by atoms with Crippen molar-refractivity contribution in [2.75, 3.05) is 13.1 Å². The maximum Gasteiger partial charge on any atom is 0.0941 e. The second-order valence-corrected chi connectivity index (χ2v) is 8.12. The first-order chi connectivity index (χ1) is 13.8. The van der Waals surface area contributed by atoms with Crippen molar-refractivity contribution in [3.63, 3.8) is 0 Å². The van der Waals surface area contributed by atoms with Crippen LogP contribution in [0.5, 0.6) is 0 Å². The fourth-order valence-electron chi connectivity index (χ4n) is 4.93. The molecule has 2 aliphatic heterocycles. The molecule has 140 valence electrons. The van der Waals surface area contributed by atoms with Gasteiger partial charge in [-0.25, -0.2) is 4.98 Å². The number of rotatable bonds is 3. The van der Waals surface area contributed by atoms with Crippen molar-refractivity contribution >= 4 is 10.9 Å². The predicted molar refractivity (Wildman–Crippen MR) is 108 cm³/mol. The molecular formula is C22H22N6. The van der Waals surface area contributed by atoms with Crippen LogP contribution in [0, 0.1) is 0 Å². The minimum atomic E-state index is 0.232. The minimum absolute atomic E-state index is 0.232. The topological polar surface area (TPSA) is 62.6 Å². The highest BCUT2D eigenvalue weighted by Crippen LogP contribution is 2.44. The molecule has 6 rings (SSSR count). The van der Waals surface area contributed by atoms with Gasteiger partial charge in [0.1, 0.15) is 0 Å². The molecule has 2 aliphatic rings. The number of aromatic nitrogens is 5. The summed E-state index contributed by atoms with van der Waals surface area (Å²) in [7, 11) is 0. The van der Waals surface area contributed by atoms with Gasteiger partial charge in [-0.15, -0.1) is 0 Å². The molecule has 1 N–H and O–H groups in total. The number of nitrogens with one attached hydrogen (secondary N) is 1. The Morgan fingerprint density at radius 2 is 2.00 bits per heavy atom. The van der Waals surface area contributed by atoms with Crippen molar-refractivity contribution < 1.29 is 0 Å². The minimum Gasteiger partial charge on any atom is -0.347 e. The van der Waals surface area contributed by atoms with Gasteiger partial charge < -0.3 is 4.98 Å². The van der Waals surface area contributed by atoms with Gasteiger partial charge in [-0.3, -0.25) is 14.6 Å². The smallest absolute Gasteiger partial charge is 0.0941 e. The van der Waals surface area contributed by atoms with Crippen LogP contribution in [-0.2, 0) is 18.5 Å². The van der Waals surface area contributed by atoms with Crippen LogP contribution in [0.25, 0.3) is 22.2 Å². The third-order valence-corrected chi connectivity index (χ3v) is 6.39. The Morgan fingerprint density at radius 3 is 2.93 bits per heavy atom. The highest BCUT2D eigenvalue weighted by molar-refractivity contribution is 5.82. The number of aromatic amines is 1. The highest BCUT2D eigenvalue weighted by atomic mass is 15.3. The molecule has 5 heterocycles. The number of nitrogens with zero attached hydrogens (tertiary/aromatic N) is 5. The number of imidazole rings is 1. The number of para-hydroxylation sites is 1. The van der Waals surface area contributed by atoms with Crippen LogP contribution >= 0.6 is 0 Å². The van der Waals surface area contributed by atoms with Gasteiger partial charge in [0.2, 0.25) is 0 Å². The first-order valence-corrected chi connectivity index (χ1v) is 9.92. The summed E-state index contributed by atoms with van der Waals surface area (Å²) in [6.07, 6.45) is 8.02. The molecule has 1 fully saturated rings. The van der Waals surface area contributed by atoms with Gasteiger partial charge >= 0.3 is 0 Å². The maximum absolute atomic E-state index is 4.93. The monoisotopic (exact) mass is 370 g/mol. The normalized spacial score (nSPS) is 21.7. The van der Waals surface area contributed by atoms with E-state index in [4.69, 9.17) is 5.10 Å². The summed E-state index contributed by atoms with van der Waals surface area (Å²) in [5, 5.41) is 6.09. The summed E-state index contributed by atoms with van der Waals surface area (Å²) in [5.41, 5.74) is 5.98. The molecule has 28 heavy (non-hydrogen) atoms. The van der Waals surface area contributed by atoms with Crippen molar-refractivity contribution in [2.45, 2.75) is 31.3 Å². The summed E-state index contributed by atoms with van der Waals surface area (Å²) < 4.78 is 2.23. The second kappa shape index (κ2) is 6.01. The fourth-order valence-corrected chi connectivity index (χ4v) is 4.93. The molecule has 1 saturated heterocycles. The number of fused-ring (bicyclic) bond motifs is 3. The van der Waals surface area contributed by atoms with Crippen molar-refractivity contribution in [1.29, 1.82) is 0 Å². The molecular weight excluding hydrogens is 348 g/mol. The average molecular weight is 370 g/mol. The lowest BCUT2D eigenvalue weighted by Gasteiger charge is -2.23. The first-order valence-electron chi connectivity index (χ1n) is 9.92. The second-order valence-electron chi connectivity index (χ2n) is 8.12. The van der Waals surface area contributed by atoms with E-state index < -0.39 is 0 Å². The Hall–Kier alpha value is -2.99. The number of hydrogen-bond acceptors (Lipinski definition) is 4. The Morgan fingerprint density at radius 1 is 1.07 bits per heavy atom. The zero-order valence-corrected chi connectivity index (χ0v) is 15.7. The molecule has 3 aromatic heterocycles. The average Bonchev–Trinajstić information content (AvgIpc) is 3.50. The third kappa shape index (κ3) is 2.48. The van der Waals surface area contributed by atoms with Crippen LogP contribution in [-0.4, -0.2) is 42.7 Å². The molecule has 6 heteroatoms. The van der Waals surface area contributed by atoms with E-state index in [9.17, 15) is 0 Å². The van der Waals surface area contributed by atoms with Gasteiger partial charge in [0.25, 0.3) is 0 Å². The van der Waals surface area contributed by atoms with Crippen LogP contribution < -0.4 is 0 Å². The lowest BCUT2D eigenvalue weighted by atomic mass is 9.82. The van der Waals surface area contributed by atoms with Gasteiger partial charge in [-0.05, 0) is 37.6 Å². The molecule has 0 amide bonds. The van der Waals surface area contributed by atoms with Gasteiger partial charge in [0.15, 0.2) is 0 Å². The van der Waals surface area contributed by atoms with Gasteiger partial charge in [0.05, 0.1) is 17.5 Å². The van der Waals surface area contributed by atoms with Crippen molar-refractivity contribution in [3.8, 4) is 11.3 Å². The lowest BCUT2D eigenvalue weighted by molar-refractivity contribution is 0.299. The number of H-pyrrole nitrogens is 1. The molecule has 1 aromatic carbocycles. The Balaban J connectivity index is 1.30. The molecule has 0 saturated carbocycles. The lowest BCUT2D eigenvalue weighted by Crippen LogP contribution is -2.28. The van der Waals surface area contributed by atoms with Crippen molar-refractivity contribution in [2.24, 2.45) is 0 Å². The van der Waals surface area contributed by atoms with E-state index in [1.807, 2.05) is 24.5 Å². The maximum atomic E-state index is 4.93. The molecule has 1 unspecified atom stereocenters. The van der Waals surface area contributed by atoms with Crippen LogP contribution in [0.4, 0.5) is 0 Å². The molecule has 1 spiro atoms. The summed E-state index contributed by atoms with van der Waals surface area (Å²) in [6, 6.07) is 12.8. The quantitative estimate of drug-likeness (QED) is 0.601. The van der Waals surface area contributed by atoms with E-state index in [1.165, 1.54) is 24.2 Å². The molecule has 0 radical (unpaired) electrons. The number of hydrogen-bond donors (Lipinski definition) is 1. The summed E-state index contributed by atoms with van der Waals surface area (Å²) in [6.45, 7) is 4.16. The SMILES string of the molecule is c1ccc2ncc(-c3cc4n(n3)CCC43CCN(Cc4cnc[nH]4)C3)cc2c1. The largest absolute Gasteiger partial charge is 0.347 e. The molecule has 4 aromatic rings. The predicted octanol–water partition coefficient (Wildman–Crippen LogP) is 3.37. The van der Waals surface area contributed by atoms with E-state index in [0.717, 1.165) is 48.3 Å². The standard InChI is InChI=1S/C22H22N6/c1-2-4-19-16(3-1)9-17(11-24-19)20-10-21-22(6-8-28(21)26-20)5-7-27(14-22)13-18-12-23-15-25-18/h1-4,9-12,15H,5-8,13-14H2,(H,23,25). The number of benzene rings is 1. The van der Waals surface area contributed by atoms with Gasteiger partial charge in [0, 0.05) is 59.8 Å². The van der Waals surface area contributed by atoms with Crippen LogP contribution in [0.1, 0.15) is 24.2 Å². The first kappa shape index (κ1) is 16.0. The van der Waals surface area contributed by atoms with Crippen molar-refractivity contribution in [3.05, 3.63) is 66.5 Å². The molecule has 0 aliphatic carbocycles. The van der Waals surface area contributed by atoms with Crippen LogP contribution in [0.3, 0.4) is 0 Å². The van der Waals surface area contributed by atoms with E-state index in [0.29, 0.717) is 0 Å². The number of likely N-dealkylation sites (tertiary alicyclic amines) is 1. The van der Waals surface area contributed by atoms with E-state index >= 15 is 0 Å². The van der Waals surface area contributed by atoms with Crippen molar-refractivity contribution in [1.82, 2.24) is 29.6 Å². The Labute approximate surface area is 163 Å². The zero-order chi connectivity index (χ0) is 18.6. The summed E-state index contributed by atoms with van der Waals surface area (Å²) >= 11 is 0. The van der Waals surface area contributed by atoms with Crippen LogP contribution in [0.15, 0.2) is 55.1 Å². The van der Waals surface area contributed by atoms with Gasteiger partial charge in [-0.1, -0.05) is 18.2 Å². The van der Waals surface area contributed by atoms with E-state index in [1.54, 1.807) is 6.33 Å². The highest BCUT2D eigenvalue weighted by Gasteiger charge is 2.45. The molecule has 1 atom stereocenters. The fraction of sp³-hybridized carbons (Fsp3) is 0.318. The van der Waals surface area contributed by atoms with Gasteiger partial charge in [-0.2, -0.15) is 5.10 Å². The Bertz CT molecular complexity index is 1150.